The Bertz CT molecular complexity index is 385. The van der Waals surface area contributed by atoms with Crippen LogP contribution in [0.3, 0.4) is 0 Å². The van der Waals surface area contributed by atoms with Crippen LogP contribution in [0.15, 0.2) is 18.2 Å². The summed E-state index contributed by atoms with van der Waals surface area (Å²) in [7, 11) is 0. The molecule has 10 heteroatoms. The van der Waals surface area contributed by atoms with Crippen molar-refractivity contribution in [2.45, 2.75) is 0 Å². The molecule has 1 aromatic carbocycles. The summed E-state index contributed by atoms with van der Waals surface area (Å²) in [6, 6.07) is 3.79. The van der Waals surface area contributed by atoms with Crippen LogP contribution < -0.4 is 37.2 Å². The largest absolute Gasteiger partial charge is 2.00 e. The Balaban J connectivity index is -0.000000180. The van der Waals surface area contributed by atoms with E-state index in [0.29, 0.717) is 0 Å². The molecule has 1 aromatic rings. The summed E-state index contributed by atoms with van der Waals surface area (Å²) in [6.45, 7) is 0. The second kappa shape index (κ2) is 11.3. The van der Waals surface area contributed by atoms with Gasteiger partial charge in [-0.15, -0.1) is 0 Å². The first-order valence-corrected chi connectivity index (χ1v) is 3.32. The number of nitro benzene ring substituents is 1. The van der Waals surface area contributed by atoms with Crippen molar-refractivity contribution in [3.05, 3.63) is 38.3 Å². The Hall–Kier alpha value is -0.177. The standard InChI is InChI=1S/C6H3ClN3O2.3ClH.Zn/c7-4-1-2-5(9-8)6(3-4)10(11)12;;;;/h1-3H;3*1H;/q+1;;;;+2/p-3. The third-order valence-corrected chi connectivity index (χ3v) is 1.48. The van der Waals surface area contributed by atoms with E-state index in [1.165, 1.54) is 12.1 Å². The topological polar surface area (TPSA) is 71.3 Å². The van der Waals surface area contributed by atoms with E-state index in [2.05, 4.69) is 4.98 Å². The second-order valence-electron chi connectivity index (χ2n) is 1.99. The number of hydrogen-bond acceptors (Lipinski definition) is 3. The fraction of sp³-hybridized carbons (Fsp3) is 0. The van der Waals surface area contributed by atoms with Gasteiger partial charge in [-0.25, -0.2) is 0 Å². The Morgan fingerprint density at radius 1 is 1.31 bits per heavy atom. The fourth-order valence-corrected chi connectivity index (χ4v) is 0.894. The van der Waals surface area contributed by atoms with Gasteiger partial charge in [0.1, 0.15) is 0 Å². The van der Waals surface area contributed by atoms with Crippen molar-refractivity contribution in [1.82, 2.24) is 0 Å². The summed E-state index contributed by atoms with van der Waals surface area (Å²) >= 11 is 5.49. The SMILES string of the molecule is N#[N+]c1ccc(Cl)cc1[N+](=O)[O-].[Cl-].[Cl-].[Cl-].[Zn+2]. The zero-order valence-electron chi connectivity index (χ0n) is 7.61. The maximum atomic E-state index is 10.3. The summed E-state index contributed by atoms with van der Waals surface area (Å²) in [5.41, 5.74) is -0.422. The normalized spacial score (nSPS) is 6.75. The van der Waals surface area contributed by atoms with Gasteiger partial charge in [-0.1, -0.05) is 11.6 Å². The first-order valence-electron chi connectivity index (χ1n) is 2.94. The minimum atomic E-state index is -0.666. The van der Waals surface area contributed by atoms with Gasteiger partial charge in [0.05, 0.1) is 4.92 Å². The van der Waals surface area contributed by atoms with Gasteiger partial charge in [0.25, 0.3) is 0 Å². The Morgan fingerprint density at radius 2 is 1.81 bits per heavy atom. The third kappa shape index (κ3) is 6.42. The molecule has 16 heavy (non-hydrogen) atoms. The van der Waals surface area contributed by atoms with Gasteiger partial charge >= 0.3 is 30.9 Å². The van der Waals surface area contributed by atoms with Crippen molar-refractivity contribution in [3.63, 3.8) is 0 Å². The predicted molar refractivity (Wildman–Crippen MR) is 42.9 cm³/mol. The number of nitro groups is 1. The summed E-state index contributed by atoms with van der Waals surface area (Å²) in [5.74, 6) is 0. The first kappa shape index (κ1) is 24.9. The minimum absolute atomic E-state index is 0. The average Bonchev–Trinajstić information content (AvgIpc) is 2.04. The van der Waals surface area contributed by atoms with Gasteiger partial charge in [-0.05, 0) is 6.07 Å². The maximum Gasteiger partial charge on any atom is 2.00 e. The Kier molecular flexibility index (Phi) is 17.6. The van der Waals surface area contributed by atoms with Crippen LogP contribution in [0, 0.1) is 15.5 Å². The van der Waals surface area contributed by atoms with Crippen LogP contribution in [0.1, 0.15) is 0 Å². The number of hydrogen-bond donors (Lipinski definition) is 0. The van der Waals surface area contributed by atoms with Gasteiger partial charge < -0.3 is 37.2 Å². The minimum Gasteiger partial charge on any atom is -1.00 e. The molecular weight excluding hydrogens is 353 g/mol. The number of nitrogens with zero attached hydrogens (tertiary/aromatic N) is 3. The van der Waals surface area contributed by atoms with E-state index in [1.807, 2.05) is 0 Å². The summed E-state index contributed by atoms with van der Waals surface area (Å²) in [4.78, 5) is 12.4. The molecular formula is C6H3Cl4N3O2Zn. The molecule has 0 aliphatic heterocycles. The molecule has 0 aromatic heterocycles. The number of diazo groups is 1. The zero-order valence-corrected chi connectivity index (χ0v) is 13.6. The van der Waals surface area contributed by atoms with Gasteiger partial charge in [0.2, 0.25) is 5.39 Å². The van der Waals surface area contributed by atoms with Crippen molar-refractivity contribution < 1.29 is 61.6 Å². The zero-order chi connectivity index (χ0) is 9.14. The Morgan fingerprint density at radius 3 is 2.19 bits per heavy atom. The first-order chi connectivity index (χ1) is 5.65. The molecule has 0 amide bonds. The summed E-state index contributed by atoms with van der Waals surface area (Å²) in [5, 5.41) is 18.9. The van der Waals surface area contributed by atoms with E-state index < -0.39 is 4.92 Å². The molecule has 0 spiro atoms. The van der Waals surface area contributed by atoms with E-state index in [1.54, 1.807) is 0 Å². The van der Waals surface area contributed by atoms with E-state index in [0.717, 1.165) is 6.07 Å². The average molecular weight is 356 g/mol. The summed E-state index contributed by atoms with van der Waals surface area (Å²) in [6.07, 6.45) is 0. The van der Waals surface area contributed by atoms with E-state index in [-0.39, 0.29) is 73.1 Å². The number of rotatable bonds is 1. The van der Waals surface area contributed by atoms with Crippen LogP contribution >= 0.6 is 11.6 Å². The molecule has 0 fully saturated rings. The van der Waals surface area contributed by atoms with E-state index in [9.17, 15) is 10.1 Å². The second-order valence-corrected chi connectivity index (χ2v) is 2.43. The van der Waals surface area contributed by atoms with Crippen molar-refractivity contribution in [2.75, 3.05) is 0 Å². The third-order valence-electron chi connectivity index (χ3n) is 1.24. The van der Waals surface area contributed by atoms with Gasteiger partial charge in [0.15, 0.2) is 4.98 Å². The number of halogens is 4. The van der Waals surface area contributed by atoms with Crippen LogP contribution in [-0.2, 0) is 19.5 Å². The number of benzene rings is 1. The van der Waals surface area contributed by atoms with Crippen molar-refractivity contribution in [1.29, 1.82) is 5.39 Å². The van der Waals surface area contributed by atoms with Crippen LogP contribution in [0.2, 0.25) is 5.02 Å². The van der Waals surface area contributed by atoms with Gasteiger partial charge in [-0.2, -0.15) is 0 Å². The molecule has 0 radical (unpaired) electrons. The van der Waals surface area contributed by atoms with E-state index >= 15 is 0 Å². The molecule has 84 valence electrons. The molecule has 0 atom stereocenters. The van der Waals surface area contributed by atoms with Crippen molar-refractivity contribution >= 4 is 23.0 Å². The van der Waals surface area contributed by atoms with Crippen LogP contribution in [-0.4, -0.2) is 4.92 Å². The fourth-order valence-electron chi connectivity index (χ4n) is 0.727. The summed E-state index contributed by atoms with van der Waals surface area (Å²) < 4.78 is 0. The Labute approximate surface area is 128 Å². The maximum absolute atomic E-state index is 10.3. The van der Waals surface area contributed by atoms with Crippen LogP contribution in [0.5, 0.6) is 0 Å². The van der Waals surface area contributed by atoms with Gasteiger partial charge in [0, 0.05) is 17.2 Å². The molecule has 0 heterocycles. The molecule has 0 saturated carbocycles. The van der Waals surface area contributed by atoms with Crippen molar-refractivity contribution in [3.8, 4) is 0 Å². The molecule has 0 bridgehead atoms. The molecule has 0 aliphatic rings. The monoisotopic (exact) mass is 353 g/mol. The molecule has 1 rings (SSSR count). The van der Waals surface area contributed by atoms with Crippen LogP contribution in [0.4, 0.5) is 11.4 Å². The molecule has 0 aliphatic carbocycles. The van der Waals surface area contributed by atoms with Crippen molar-refractivity contribution in [2.24, 2.45) is 0 Å². The predicted octanol–water partition coefficient (Wildman–Crippen LogP) is -6.26. The van der Waals surface area contributed by atoms with Gasteiger partial charge in [-0.3, -0.25) is 10.1 Å². The molecule has 0 N–H and O–H groups in total. The molecule has 0 saturated heterocycles. The molecule has 5 nitrogen and oxygen atoms in total. The molecule has 0 unspecified atom stereocenters. The van der Waals surface area contributed by atoms with E-state index in [4.69, 9.17) is 17.0 Å². The quantitative estimate of drug-likeness (QED) is 0.218. The smallest absolute Gasteiger partial charge is 1.00 e. The van der Waals surface area contributed by atoms with Crippen LogP contribution in [0.25, 0.3) is 4.98 Å².